The first kappa shape index (κ1) is 17.0. The standard InChI is InChI=1S/C16H22N4O3/c1-19(2)13-7-5-6-12(10-13)16(21)20(3)11-15-17-14(18-23-15)8-9-22-4/h5-7,10H,8-9,11H2,1-4H3. The topological polar surface area (TPSA) is 71.7 Å². The van der Waals surface area contributed by atoms with E-state index in [4.69, 9.17) is 9.26 Å². The molecule has 0 N–H and O–H groups in total. The molecule has 0 bridgehead atoms. The molecule has 2 rings (SSSR count). The molecule has 0 aliphatic heterocycles. The van der Waals surface area contributed by atoms with Crippen LogP contribution in [0.4, 0.5) is 5.69 Å². The van der Waals surface area contributed by atoms with Crippen LogP contribution in [0.15, 0.2) is 28.8 Å². The molecule has 1 aromatic heterocycles. The van der Waals surface area contributed by atoms with Gasteiger partial charge in [0, 0.05) is 45.9 Å². The number of ether oxygens (including phenoxy) is 1. The van der Waals surface area contributed by atoms with Gasteiger partial charge in [-0.15, -0.1) is 0 Å². The minimum Gasteiger partial charge on any atom is -0.384 e. The molecule has 0 saturated heterocycles. The monoisotopic (exact) mass is 318 g/mol. The predicted molar refractivity (Wildman–Crippen MR) is 86.4 cm³/mol. The van der Waals surface area contributed by atoms with E-state index in [0.29, 0.717) is 30.3 Å². The van der Waals surface area contributed by atoms with E-state index in [1.165, 1.54) is 0 Å². The minimum atomic E-state index is -0.0923. The molecule has 0 aliphatic carbocycles. The fourth-order valence-electron chi connectivity index (χ4n) is 2.06. The number of carbonyl (C=O) groups is 1. The average molecular weight is 318 g/mol. The summed E-state index contributed by atoms with van der Waals surface area (Å²) in [5.74, 6) is 0.901. The number of nitrogens with zero attached hydrogens (tertiary/aromatic N) is 4. The van der Waals surface area contributed by atoms with E-state index < -0.39 is 0 Å². The van der Waals surface area contributed by atoms with Crippen molar-refractivity contribution in [3.63, 3.8) is 0 Å². The third kappa shape index (κ3) is 4.53. The molecule has 23 heavy (non-hydrogen) atoms. The Balaban J connectivity index is 2.02. The highest BCUT2D eigenvalue weighted by Gasteiger charge is 2.16. The highest BCUT2D eigenvalue weighted by Crippen LogP contribution is 2.15. The van der Waals surface area contributed by atoms with Gasteiger partial charge in [0.05, 0.1) is 13.2 Å². The molecule has 1 aromatic carbocycles. The van der Waals surface area contributed by atoms with Crippen LogP contribution in [0.2, 0.25) is 0 Å². The Labute approximate surface area is 135 Å². The Morgan fingerprint density at radius 2 is 2.09 bits per heavy atom. The van der Waals surface area contributed by atoms with Crippen molar-refractivity contribution in [3.05, 3.63) is 41.5 Å². The average Bonchev–Trinajstić information content (AvgIpc) is 2.99. The van der Waals surface area contributed by atoms with Crippen LogP contribution in [0.1, 0.15) is 22.1 Å². The molecule has 0 atom stereocenters. The second-order valence-corrected chi connectivity index (χ2v) is 5.45. The number of carbonyl (C=O) groups excluding carboxylic acids is 1. The van der Waals surface area contributed by atoms with Crippen molar-refractivity contribution in [2.75, 3.05) is 39.8 Å². The van der Waals surface area contributed by atoms with Crippen LogP contribution in [0.25, 0.3) is 0 Å². The smallest absolute Gasteiger partial charge is 0.254 e. The molecular weight excluding hydrogens is 296 g/mol. The number of hydrogen-bond acceptors (Lipinski definition) is 6. The zero-order valence-electron chi connectivity index (χ0n) is 13.9. The highest BCUT2D eigenvalue weighted by molar-refractivity contribution is 5.94. The van der Waals surface area contributed by atoms with Gasteiger partial charge in [-0.3, -0.25) is 4.79 Å². The van der Waals surface area contributed by atoms with Crippen molar-refractivity contribution in [1.82, 2.24) is 15.0 Å². The molecule has 0 unspecified atom stereocenters. The van der Waals surface area contributed by atoms with Crippen LogP contribution < -0.4 is 4.90 Å². The van der Waals surface area contributed by atoms with Gasteiger partial charge in [0.25, 0.3) is 5.91 Å². The van der Waals surface area contributed by atoms with Crippen molar-refractivity contribution in [3.8, 4) is 0 Å². The Bertz CT molecular complexity index is 654. The summed E-state index contributed by atoms with van der Waals surface area (Å²) in [6.07, 6.45) is 0.586. The molecule has 1 amide bonds. The molecule has 0 fully saturated rings. The van der Waals surface area contributed by atoms with Crippen molar-refractivity contribution in [2.45, 2.75) is 13.0 Å². The van der Waals surface area contributed by atoms with E-state index in [1.807, 2.05) is 37.2 Å². The predicted octanol–water partition coefficient (Wildman–Crippen LogP) is 1.60. The molecule has 0 radical (unpaired) electrons. The number of hydrogen-bond donors (Lipinski definition) is 0. The first-order valence-electron chi connectivity index (χ1n) is 7.34. The Morgan fingerprint density at radius 3 is 2.78 bits per heavy atom. The van der Waals surface area contributed by atoms with E-state index in [1.54, 1.807) is 25.1 Å². The van der Waals surface area contributed by atoms with Gasteiger partial charge in [-0.05, 0) is 18.2 Å². The zero-order valence-corrected chi connectivity index (χ0v) is 13.9. The largest absolute Gasteiger partial charge is 0.384 e. The first-order valence-corrected chi connectivity index (χ1v) is 7.34. The summed E-state index contributed by atoms with van der Waals surface area (Å²) >= 11 is 0. The van der Waals surface area contributed by atoms with Gasteiger partial charge in [0.15, 0.2) is 5.82 Å². The van der Waals surface area contributed by atoms with Crippen molar-refractivity contribution in [2.24, 2.45) is 0 Å². The quantitative estimate of drug-likeness (QED) is 0.772. The fourth-order valence-corrected chi connectivity index (χ4v) is 2.06. The van der Waals surface area contributed by atoms with Gasteiger partial charge in [-0.25, -0.2) is 0 Å². The molecule has 124 valence electrons. The molecular formula is C16H22N4O3. The minimum absolute atomic E-state index is 0.0923. The van der Waals surface area contributed by atoms with Crippen LogP contribution >= 0.6 is 0 Å². The summed E-state index contributed by atoms with van der Waals surface area (Å²) in [5, 5.41) is 3.87. The lowest BCUT2D eigenvalue weighted by Crippen LogP contribution is -2.26. The first-order chi connectivity index (χ1) is 11.0. The normalized spacial score (nSPS) is 10.6. The Kier molecular flexibility index (Phi) is 5.70. The summed E-state index contributed by atoms with van der Waals surface area (Å²) in [7, 11) is 7.21. The summed E-state index contributed by atoms with van der Waals surface area (Å²) in [4.78, 5) is 20.3. The number of amides is 1. The summed E-state index contributed by atoms with van der Waals surface area (Å²) in [5.41, 5.74) is 1.60. The summed E-state index contributed by atoms with van der Waals surface area (Å²) in [6, 6.07) is 7.48. The number of aromatic nitrogens is 2. The molecule has 7 nitrogen and oxygen atoms in total. The highest BCUT2D eigenvalue weighted by atomic mass is 16.5. The van der Waals surface area contributed by atoms with Crippen LogP contribution in [0, 0.1) is 0 Å². The molecule has 2 aromatic rings. The lowest BCUT2D eigenvalue weighted by atomic mass is 10.1. The van der Waals surface area contributed by atoms with Crippen molar-refractivity contribution in [1.29, 1.82) is 0 Å². The van der Waals surface area contributed by atoms with E-state index in [-0.39, 0.29) is 12.5 Å². The summed E-state index contributed by atoms with van der Waals surface area (Å²) in [6.45, 7) is 0.802. The van der Waals surface area contributed by atoms with E-state index in [9.17, 15) is 4.79 Å². The maximum absolute atomic E-state index is 12.5. The van der Waals surface area contributed by atoms with Crippen molar-refractivity contribution < 1.29 is 14.1 Å². The van der Waals surface area contributed by atoms with Gasteiger partial charge in [0.1, 0.15) is 0 Å². The number of benzene rings is 1. The molecule has 7 heteroatoms. The summed E-state index contributed by atoms with van der Waals surface area (Å²) < 4.78 is 10.1. The number of rotatable bonds is 7. The van der Waals surface area contributed by atoms with Crippen LogP contribution in [-0.2, 0) is 17.7 Å². The lowest BCUT2D eigenvalue weighted by Gasteiger charge is -2.17. The lowest BCUT2D eigenvalue weighted by molar-refractivity contribution is 0.0769. The van der Waals surface area contributed by atoms with Gasteiger partial charge >= 0.3 is 0 Å². The number of anilines is 1. The SMILES string of the molecule is COCCc1noc(CN(C)C(=O)c2cccc(N(C)C)c2)n1. The van der Waals surface area contributed by atoms with Gasteiger partial charge in [-0.2, -0.15) is 4.98 Å². The molecule has 0 aliphatic rings. The van der Waals surface area contributed by atoms with Crippen LogP contribution in [0.5, 0.6) is 0 Å². The van der Waals surface area contributed by atoms with Gasteiger partial charge < -0.3 is 19.1 Å². The second-order valence-electron chi connectivity index (χ2n) is 5.45. The van der Waals surface area contributed by atoms with E-state index in [2.05, 4.69) is 10.1 Å². The third-order valence-corrected chi connectivity index (χ3v) is 3.37. The second kappa shape index (κ2) is 7.73. The maximum atomic E-state index is 12.5. The van der Waals surface area contributed by atoms with Gasteiger partial charge in [-0.1, -0.05) is 11.2 Å². The molecule has 0 saturated carbocycles. The van der Waals surface area contributed by atoms with Crippen molar-refractivity contribution >= 4 is 11.6 Å². The number of methoxy groups -OCH3 is 1. The van der Waals surface area contributed by atoms with Gasteiger partial charge in [0.2, 0.25) is 5.89 Å². The van der Waals surface area contributed by atoms with E-state index >= 15 is 0 Å². The molecule has 0 spiro atoms. The fraction of sp³-hybridized carbons (Fsp3) is 0.438. The zero-order chi connectivity index (χ0) is 16.8. The van der Waals surface area contributed by atoms with E-state index in [0.717, 1.165) is 5.69 Å². The third-order valence-electron chi connectivity index (χ3n) is 3.37. The molecule has 1 heterocycles. The Hall–Kier alpha value is -2.41. The Morgan fingerprint density at radius 1 is 1.30 bits per heavy atom. The van der Waals surface area contributed by atoms with Crippen LogP contribution in [-0.4, -0.2) is 55.8 Å². The van der Waals surface area contributed by atoms with Crippen LogP contribution in [0.3, 0.4) is 0 Å². The maximum Gasteiger partial charge on any atom is 0.254 e.